The molecular weight excluding hydrogens is 422 g/mol. The summed E-state index contributed by atoms with van der Waals surface area (Å²) in [6.45, 7) is 4.74. The first-order chi connectivity index (χ1) is 17.1. The van der Waals surface area contributed by atoms with Gasteiger partial charge >= 0.3 is 0 Å². The number of nitrogens with zero attached hydrogens (tertiary/aromatic N) is 1. The number of fused-ring (bicyclic) bond motifs is 8. The Labute approximate surface area is 207 Å². The van der Waals surface area contributed by atoms with Crippen LogP contribution in [0.25, 0.3) is 0 Å². The maximum Gasteiger partial charge on any atom is 0.0748 e. The fourth-order valence-corrected chi connectivity index (χ4v) is 6.68. The molecule has 7 rings (SSSR count). The van der Waals surface area contributed by atoms with Crippen molar-refractivity contribution >= 4 is 17.1 Å². The lowest BCUT2D eigenvalue weighted by atomic mass is 9.53. The molecule has 0 saturated carbocycles. The number of benzene rings is 5. The molecule has 1 heterocycles. The van der Waals surface area contributed by atoms with E-state index in [1.54, 1.807) is 0 Å². The molecule has 0 N–H and O–H groups in total. The number of hydrogen-bond acceptors (Lipinski definition) is 1. The minimum Gasteiger partial charge on any atom is -0.310 e. The second-order valence-corrected chi connectivity index (χ2v) is 10.2. The molecule has 0 saturated heterocycles. The zero-order valence-corrected chi connectivity index (χ0v) is 20.1. The van der Waals surface area contributed by atoms with Crippen LogP contribution in [0.4, 0.5) is 17.1 Å². The van der Waals surface area contributed by atoms with Gasteiger partial charge in [-0.3, -0.25) is 0 Å². The van der Waals surface area contributed by atoms with Crippen LogP contribution >= 0.6 is 0 Å². The van der Waals surface area contributed by atoms with E-state index >= 15 is 0 Å². The number of hydrogen-bond donors (Lipinski definition) is 0. The molecule has 35 heavy (non-hydrogen) atoms. The molecular formula is C34H27N. The van der Waals surface area contributed by atoms with Crippen molar-refractivity contribution in [1.29, 1.82) is 0 Å². The largest absolute Gasteiger partial charge is 0.310 e. The minimum atomic E-state index is -0.388. The maximum absolute atomic E-state index is 2.43. The van der Waals surface area contributed by atoms with Gasteiger partial charge in [-0.25, -0.2) is 0 Å². The van der Waals surface area contributed by atoms with E-state index in [0.717, 1.165) is 0 Å². The average molecular weight is 450 g/mol. The molecule has 0 bridgehead atoms. The van der Waals surface area contributed by atoms with E-state index in [1.165, 1.54) is 50.4 Å². The van der Waals surface area contributed by atoms with Crippen LogP contribution in [0.3, 0.4) is 0 Å². The van der Waals surface area contributed by atoms with Crippen LogP contribution in [0.5, 0.6) is 0 Å². The van der Waals surface area contributed by atoms with Crippen LogP contribution < -0.4 is 4.90 Å². The molecule has 0 atom stereocenters. The second kappa shape index (κ2) is 7.20. The molecule has 0 radical (unpaired) electrons. The first kappa shape index (κ1) is 20.3. The maximum atomic E-state index is 2.43. The molecule has 0 aromatic heterocycles. The zero-order valence-electron chi connectivity index (χ0n) is 20.1. The summed E-state index contributed by atoms with van der Waals surface area (Å²) in [4.78, 5) is 2.43. The van der Waals surface area contributed by atoms with Crippen LogP contribution in [-0.4, -0.2) is 0 Å². The summed E-state index contributed by atoms with van der Waals surface area (Å²) in [6.07, 6.45) is 0. The van der Waals surface area contributed by atoms with Gasteiger partial charge in [0.25, 0.3) is 0 Å². The smallest absolute Gasteiger partial charge is 0.0748 e. The highest BCUT2D eigenvalue weighted by Crippen LogP contribution is 2.62. The highest BCUT2D eigenvalue weighted by Gasteiger charge is 2.53. The van der Waals surface area contributed by atoms with E-state index in [9.17, 15) is 0 Å². The summed E-state index contributed by atoms with van der Waals surface area (Å²) in [5, 5.41) is 0. The predicted molar refractivity (Wildman–Crippen MR) is 145 cm³/mol. The van der Waals surface area contributed by atoms with Crippen LogP contribution in [0.15, 0.2) is 127 Å². The number of para-hydroxylation sites is 3. The molecule has 0 amide bonds. The number of anilines is 3. The van der Waals surface area contributed by atoms with Gasteiger partial charge in [-0.2, -0.15) is 0 Å². The van der Waals surface area contributed by atoms with E-state index in [-0.39, 0.29) is 10.8 Å². The Morgan fingerprint density at radius 3 is 1.26 bits per heavy atom. The van der Waals surface area contributed by atoms with Gasteiger partial charge in [-0.1, -0.05) is 117 Å². The first-order valence-electron chi connectivity index (χ1n) is 12.4. The Hall–Kier alpha value is -4.10. The summed E-state index contributed by atoms with van der Waals surface area (Å²) in [7, 11) is 0. The van der Waals surface area contributed by atoms with Crippen molar-refractivity contribution in [2.24, 2.45) is 0 Å². The van der Waals surface area contributed by atoms with E-state index < -0.39 is 0 Å². The molecule has 1 heteroatoms. The fourth-order valence-electron chi connectivity index (χ4n) is 6.68. The molecule has 1 aliphatic carbocycles. The second-order valence-electron chi connectivity index (χ2n) is 10.2. The molecule has 1 spiro atoms. The van der Waals surface area contributed by atoms with Gasteiger partial charge in [0.05, 0.1) is 16.8 Å². The summed E-state index contributed by atoms with van der Waals surface area (Å²) >= 11 is 0. The minimum absolute atomic E-state index is 0.0844. The molecule has 0 unspecified atom stereocenters. The van der Waals surface area contributed by atoms with Crippen molar-refractivity contribution in [3.63, 3.8) is 0 Å². The summed E-state index contributed by atoms with van der Waals surface area (Å²) in [5.74, 6) is 0. The van der Waals surface area contributed by atoms with Gasteiger partial charge in [0, 0.05) is 11.1 Å². The standard InChI is InChI=1S/C34H27N/c1-33(2)25-16-6-8-18-27(25)34(28-19-9-7-17-26(28)33)29-20-10-12-22-31(29)35(24-14-4-3-5-15-24)32-23-13-11-21-30(32)34/h3-23H,1-2H3. The van der Waals surface area contributed by atoms with Gasteiger partial charge in [0.2, 0.25) is 0 Å². The SMILES string of the molecule is CC1(C)c2ccccc2C2(c3ccccc3N(c3ccccc3)c3ccccc32)c2ccccc21. The van der Waals surface area contributed by atoms with E-state index in [4.69, 9.17) is 0 Å². The molecule has 2 aliphatic rings. The van der Waals surface area contributed by atoms with Crippen LogP contribution in [0.1, 0.15) is 47.2 Å². The lowest BCUT2D eigenvalue weighted by Crippen LogP contribution is -2.44. The quantitative estimate of drug-likeness (QED) is 0.243. The van der Waals surface area contributed by atoms with Gasteiger partial charge < -0.3 is 4.90 Å². The van der Waals surface area contributed by atoms with Gasteiger partial charge in [-0.15, -0.1) is 0 Å². The Balaban J connectivity index is 1.69. The van der Waals surface area contributed by atoms with E-state index in [0.29, 0.717) is 0 Å². The van der Waals surface area contributed by atoms with Crippen LogP contribution in [-0.2, 0) is 10.8 Å². The molecule has 5 aromatic carbocycles. The van der Waals surface area contributed by atoms with Gasteiger partial charge in [-0.05, 0) is 57.6 Å². The van der Waals surface area contributed by atoms with Gasteiger partial charge in [0.1, 0.15) is 0 Å². The van der Waals surface area contributed by atoms with Crippen LogP contribution in [0.2, 0.25) is 0 Å². The zero-order chi connectivity index (χ0) is 23.6. The lowest BCUT2D eigenvalue weighted by Gasteiger charge is -2.52. The third-order valence-corrected chi connectivity index (χ3v) is 8.12. The first-order valence-corrected chi connectivity index (χ1v) is 12.4. The van der Waals surface area contributed by atoms with Crippen molar-refractivity contribution in [2.45, 2.75) is 24.7 Å². The van der Waals surface area contributed by atoms with Crippen molar-refractivity contribution < 1.29 is 0 Å². The molecule has 1 nitrogen and oxygen atoms in total. The number of rotatable bonds is 1. The fraction of sp³-hybridized carbons (Fsp3) is 0.118. The third-order valence-electron chi connectivity index (χ3n) is 8.12. The molecule has 0 fully saturated rings. The summed E-state index contributed by atoms with van der Waals surface area (Å²) < 4.78 is 0. The average Bonchev–Trinajstić information content (AvgIpc) is 2.92. The van der Waals surface area contributed by atoms with Crippen molar-refractivity contribution in [3.8, 4) is 0 Å². The third kappa shape index (κ3) is 2.53. The Kier molecular flexibility index (Phi) is 4.17. The summed E-state index contributed by atoms with van der Waals surface area (Å²) in [6, 6.07) is 46.9. The normalized spacial score (nSPS) is 16.1. The Morgan fingerprint density at radius 2 is 0.771 bits per heavy atom. The van der Waals surface area contributed by atoms with E-state index in [1.807, 2.05) is 0 Å². The highest BCUT2D eigenvalue weighted by atomic mass is 15.2. The van der Waals surface area contributed by atoms with Gasteiger partial charge in [0.15, 0.2) is 0 Å². The predicted octanol–water partition coefficient (Wildman–Crippen LogP) is 8.49. The highest BCUT2D eigenvalue weighted by molar-refractivity contribution is 5.90. The monoisotopic (exact) mass is 449 g/mol. The molecule has 168 valence electrons. The van der Waals surface area contributed by atoms with Crippen LogP contribution in [0, 0.1) is 0 Å². The molecule has 1 aliphatic heterocycles. The molecule has 5 aromatic rings. The summed E-state index contributed by atoms with van der Waals surface area (Å²) in [5.41, 5.74) is 11.4. The van der Waals surface area contributed by atoms with Crippen molar-refractivity contribution in [1.82, 2.24) is 0 Å². The van der Waals surface area contributed by atoms with Crippen molar-refractivity contribution in [2.75, 3.05) is 4.90 Å². The van der Waals surface area contributed by atoms with E-state index in [2.05, 4.69) is 146 Å². The topological polar surface area (TPSA) is 3.24 Å². The Morgan fingerprint density at radius 1 is 0.400 bits per heavy atom. The van der Waals surface area contributed by atoms with Crippen molar-refractivity contribution in [3.05, 3.63) is 161 Å². The Bertz CT molecular complexity index is 1480. The lowest BCUT2D eigenvalue weighted by molar-refractivity contribution is 0.556.